The van der Waals surface area contributed by atoms with Crippen molar-refractivity contribution >= 4 is 5.91 Å². The molecule has 6 heteroatoms. The summed E-state index contributed by atoms with van der Waals surface area (Å²) in [5.41, 5.74) is 1.81. The summed E-state index contributed by atoms with van der Waals surface area (Å²) in [6, 6.07) is 12.7. The maximum atomic E-state index is 13.1. The lowest BCUT2D eigenvalue weighted by Crippen LogP contribution is -2.53. The van der Waals surface area contributed by atoms with Crippen molar-refractivity contribution in [3.63, 3.8) is 0 Å². The van der Waals surface area contributed by atoms with Gasteiger partial charge in [0.1, 0.15) is 6.04 Å². The number of hydrogen-bond acceptors (Lipinski definition) is 2. The molecule has 0 radical (unpaired) electrons. The van der Waals surface area contributed by atoms with Crippen molar-refractivity contribution < 1.29 is 18.0 Å². The molecular formula is C19H17F3N2O. The first-order valence-corrected chi connectivity index (χ1v) is 8.23. The number of nitrogens with zero attached hydrogens (tertiary/aromatic N) is 1. The highest BCUT2D eigenvalue weighted by Gasteiger charge is 2.40. The largest absolute Gasteiger partial charge is 0.416 e. The van der Waals surface area contributed by atoms with Gasteiger partial charge in [0, 0.05) is 25.6 Å². The van der Waals surface area contributed by atoms with E-state index in [1.165, 1.54) is 12.1 Å². The van der Waals surface area contributed by atoms with Crippen LogP contribution in [0.15, 0.2) is 48.5 Å². The van der Waals surface area contributed by atoms with Crippen LogP contribution in [0.2, 0.25) is 0 Å². The second-order valence-corrected chi connectivity index (χ2v) is 6.49. The molecule has 0 bridgehead atoms. The lowest BCUT2D eigenvalue weighted by atomic mass is 9.80. The summed E-state index contributed by atoms with van der Waals surface area (Å²) < 4.78 is 39.3. The monoisotopic (exact) mass is 346 g/mol. The summed E-state index contributed by atoms with van der Waals surface area (Å²) in [5.74, 6) is -0.221. The van der Waals surface area contributed by atoms with Crippen molar-refractivity contribution in [2.45, 2.75) is 18.1 Å². The van der Waals surface area contributed by atoms with E-state index in [0.29, 0.717) is 25.2 Å². The summed E-state index contributed by atoms with van der Waals surface area (Å²) in [6.07, 6.45) is -4.36. The highest BCUT2D eigenvalue weighted by molar-refractivity contribution is 5.85. The van der Waals surface area contributed by atoms with E-state index < -0.39 is 11.7 Å². The number of alkyl halides is 3. The Labute approximate surface area is 143 Å². The summed E-state index contributed by atoms with van der Waals surface area (Å²) in [5, 5.41) is 2.88. The molecule has 0 aromatic heterocycles. The average Bonchev–Trinajstić information content (AvgIpc) is 2.60. The third kappa shape index (κ3) is 2.80. The first kappa shape index (κ1) is 16.1. The quantitative estimate of drug-likeness (QED) is 0.859. The van der Waals surface area contributed by atoms with E-state index in [-0.39, 0.29) is 17.9 Å². The van der Waals surface area contributed by atoms with E-state index in [0.717, 1.165) is 17.2 Å². The van der Waals surface area contributed by atoms with Crippen LogP contribution in [0.1, 0.15) is 34.2 Å². The Morgan fingerprint density at radius 3 is 2.56 bits per heavy atom. The predicted molar refractivity (Wildman–Crippen MR) is 87.1 cm³/mol. The minimum Gasteiger partial charge on any atom is -0.353 e. The van der Waals surface area contributed by atoms with Gasteiger partial charge in [-0.1, -0.05) is 42.5 Å². The highest BCUT2D eigenvalue weighted by Crippen LogP contribution is 2.41. The fourth-order valence-electron chi connectivity index (χ4n) is 3.88. The van der Waals surface area contributed by atoms with E-state index in [1.807, 2.05) is 24.3 Å². The van der Waals surface area contributed by atoms with E-state index in [1.54, 1.807) is 6.07 Å². The summed E-state index contributed by atoms with van der Waals surface area (Å²) >= 11 is 0. The summed E-state index contributed by atoms with van der Waals surface area (Å²) in [4.78, 5) is 14.4. The molecule has 2 aromatic carbocycles. The third-order valence-electron chi connectivity index (χ3n) is 5.01. The number of carbonyl (C=O) groups is 1. The maximum Gasteiger partial charge on any atom is 0.416 e. The molecule has 1 fully saturated rings. The Morgan fingerprint density at radius 2 is 1.80 bits per heavy atom. The molecular weight excluding hydrogens is 329 g/mol. The maximum absolute atomic E-state index is 13.1. The summed E-state index contributed by atoms with van der Waals surface area (Å²) in [6.45, 7) is 1.80. The molecule has 0 aliphatic carbocycles. The molecule has 2 atom stereocenters. The van der Waals surface area contributed by atoms with Gasteiger partial charge in [0.05, 0.1) is 5.56 Å². The molecule has 0 unspecified atom stereocenters. The molecule has 0 spiro atoms. The van der Waals surface area contributed by atoms with Gasteiger partial charge in [0.15, 0.2) is 0 Å². The standard InChI is InChI=1S/C19H17F3N2O/c20-19(21,22)13-5-3-4-12(10-13)16-11-24-9-8-23-18(25)17(24)15-7-2-1-6-14(15)16/h1-7,10,16-17H,8-9,11H2,(H,23,25)/t16-,17+/m1/s1. The highest BCUT2D eigenvalue weighted by atomic mass is 19.4. The molecule has 1 saturated heterocycles. The van der Waals surface area contributed by atoms with Crippen molar-refractivity contribution in [3.8, 4) is 0 Å². The second kappa shape index (κ2) is 5.88. The van der Waals surface area contributed by atoms with Gasteiger partial charge in [-0.05, 0) is 22.8 Å². The van der Waals surface area contributed by atoms with E-state index in [4.69, 9.17) is 0 Å². The number of nitrogens with one attached hydrogen (secondary N) is 1. The molecule has 1 N–H and O–H groups in total. The van der Waals surface area contributed by atoms with Crippen LogP contribution < -0.4 is 5.32 Å². The zero-order valence-corrected chi connectivity index (χ0v) is 13.4. The van der Waals surface area contributed by atoms with Gasteiger partial charge in [0.2, 0.25) is 5.91 Å². The number of amides is 1. The first-order chi connectivity index (χ1) is 11.9. The number of halogens is 3. The molecule has 4 rings (SSSR count). The first-order valence-electron chi connectivity index (χ1n) is 8.23. The number of piperazine rings is 1. The molecule has 25 heavy (non-hydrogen) atoms. The zero-order chi connectivity index (χ0) is 17.6. The van der Waals surface area contributed by atoms with Crippen LogP contribution in [0.25, 0.3) is 0 Å². The fourth-order valence-corrected chi connectivity index (χ4v) is 3.88. The number of hydrogen-bond donors (Lipinski definition) is 1. The van der Waals surface area contributed by atoms with Gasteiger partial charge in [-0.2, -0.15) is 13.2 Å². The number of carbonyl (C=O) groups excluding carboxylic acids is 1. The van der Waals surface area contributed by atoms with Crippen LogP contribution in [0.5, 0.6) is 0 Å². The van der Waals surface area contributed by atoms with E-state index in [9.17, 15) is 18.0 Å². The van der Waals surface area contributed by atoms with E-state index >= 15 is 0 Å². The van der Waals surface area contributed by atoms with Crippen molar-refractivity contribution in [1.29, 1.82) is 0 Å². The Balaban J connectivity index is 1.80. The van der Waals surface area contributed by atoms with E-state index in [2.05, 4.69) is 10.2 Å². The third-order valence-corrected chi connectivity index (χ3v) is 5.01. The van der Waals surface area contributed by atoms with Gasteiger partial charge in [-0.25, -0.2) is 0 Å². The molecule has 3 nitrogen and oxygen atoms in total. The van der Waals surface area contributed by atoms with Crippen LogP contribution in [-0.4, -0.2) is 30.4 Å². The van der Waals surface area contributed by atoms with Gasteiger partial charge in [-0.3, -0.25) is 9.69 Å². The Morgan fingerprint density at radius 1 is 1.04 bits per heavy atom. The predicted octanol–water partition coefficient (Wildman–Crippen LogP) is 3.32. The Kier molecular flexibility index (Phi) is 3.80. The lowest BCUT2D eigenvalue weighted by Gasteiger charge is -2.43. The number of fused-ring (bicyclic) bond motifs is 3. The Bertz CT molecular complexity index is 818. The minimum absolute atomic E-state index is 0.0406. The molecule has 2 aliphatic heterocycles. The van der Waals surface area contributed by atoms with Gasteiger partial charge >= 0.3 is 6.18 Å². The molecule has 2 aliphatic rings. The second-order valence-electron chi connectivity index (χ2n) is 6.49. The van der Waals surface area contributed by atoms with Crippen LogP contribution >= 0.6 is 0 Å². The van der Waals surface area contributed by atoms with Crippen LogP contribution in [0.4, 0.5) is 13.2 Å². The van der Waals surface area contributed by atoms with Crippen molar-refractivity contribution in [1.82, 2.24) is 10.2 Å². The molecule has 130 valence electrons. The van der Waals surface area contributed by atoms with Crippen LogP contribution in [-0.2, 0) is 11.0 Å². The number of benzene rings is 2. The SMILES string of the molecule is O=C1NCCN2C[C@H](c3cccc(C(F)(F)F)c3)c3ccccc3[C@@H]12. The average molecular weight is 346 g/mol. The van der Waals surface area contributed by atoms with Crippen molar-refractivity contribution in [2.24, 2.45) is 0 Å². The van der Waals surface area contributed by atoms with Crippen LogP contribution in [0.3, 0.4) is 0 Å². The normalized spacial score (nSPS) is 23.6. The number of rotatable bonds is 1. The van der Waals surface area contributed by atoms with Crippen LogP contribution in [0, 0.1) is 0 Å². The molecule has 1 amide bonds. The zero-order valence-electron chi connectivity index (χ0n) is 13.4. The van der Waals surface area contributed by atoms with Gasteiger partial charge in [-0.15, -0.1) is 0 Å². The van der Waals surface area contributed by atoms with Crippen molar-refractivity contribution in [3.05, 3.63) is 70.8 Å². The van der Waals surface area contributed by atoms with Gasteiger partial charge < -0.3 is 5.32 Å². The van der Waals surface area contributed by atoms with Gasteiger partial charge in [0.25, 0.3) is 0 Å². The molecule has 0 saturated carbocycles. The Hall–Kier alpha value is -2.34. The minimum atomic E-state index is -4.36. The molecule has 2 aromatic rings. The fraction of sp³-hybridized carbons (Fsp3) is 0.316. The lowest BCUT2D eigenvalue weighted by molar-refractivity contribution is -0.137. The molecule has 2 heterocycles. The van der Waals surface area contributed by atoms with Crippen molar-refractivity contribution in [2.75, 3.05) is 19.6 Å². The topological polar surface area (TPSA) is 32.3 Å². The summed E-state index contributed by atoms with van der Waals surface area (Å²) in [7, 11) is 0. The smallest absolute Gasteiger partial charge is 0.353 e.